The molecule has 0 fully saturated rings. The molecule has 1 aliphatic rings. The number of hydrogen-bond acceptors (Lipinski definition) is 3. The van der Waals surface area contributed by atoms with E-state index in [1.807, 2.05) is 0 Å². The van der Waals surface area contributed by atoms with Gasteiger partial charge in [-0.3, -0.25) is 9.79 Å². The monoisotopic (exact) mass is 149 g/mol. The maximum atomic E-state index is 10.6. The van der Waals surface area contributed by atoms with Gasteiger partial charge in [-0.25, -0.2) is 4.99 Å². The molecule has 1 amide bonds. The minimum absolute atomic E-state index is 0.158. The zero-order chi connectivity index (χ0) is 8.10. The molecule has 1 rings (SSSR count). The van der Waals surface area contributed by atoms with E-state index in [0.717, 1.165) is 0 Å². The third-order valence-corrected chi connectivity index (χ3v) is 1.03. The first kappa shape index (κ1) is 7.40. The highest BCUT2D eigenvalue weighted by molar-refractivity contribution is 6.60. The van der Waals surface area contributed by atoms with Crippen LogP contribution in [0, 0.1) is 0 Å². The van der Waals surface area contributed by atoms with Crippen molar-refractivity contribution in [2.45, 2.75) is 0 Å². The van der Waals surface area contributed by atoms with Gasteiger partial charge in [0.25, 0.3) is 5.91 Å². The summed E-state index contributed by atoms with van der Waals surface area (Å²) in [6.45, 7) is 0. The molecule has 1 heterocycles. The molecule has 0 saturated heterocycles. The summed E-state index contributed by atoms with van der Waals surface area (Å²) in [4.78, 5) is 18.1. The lowest BCUT2D eigenvalue weighted by Crippen LogP contribution is -2.24. The van der Waals surface area contributed by atoms with Crippen LogP contribution in [0.25, 0.3) is 0 Å². The normalized spacial score (nSPS) is 21.3. The van der Waals surface area contributed by atoms with Crippen molar-refractivity contribution in [2.75, 3.05) is 0 Å². The minimum Gasteiger partial charge on any atom is -0.364 e. The fourth-order valence-corrected chi connectivity index (χ4v) is 0.547. The van der Waals surface area contributed by atoms with Crippen LogP contribution in [-0.2, 0) is 4.79 Å². The molecular weight excluding hydrogens is 142 g/mol. The van der Waals surface area contributed by atoms with Gasteiger partial charge >= 0.3 is 0 Å². The molecule has 0 aromatic heterocycles. The Morgan fingerprint density at radius 2 is 2.09 bits per heavy atom. The number of amides is 1. The lowest BCUT2D eigenvalue weighted by atomic mass is 10.4. The van der Waals surface area contributed by atoms with Gasteiger partial charge in [0.1, 0.15) is 5.71 Å². The van der Waals surface area contributed by atoms with Gasteiger partial charge in [-0.1, -0.05) is 0 Å². The first-order valence-electron chi connectivity index (χ1n) is 3.03. The van der Waals surface area contributed by atoms with Crippen LogP contribution in [0.2, 0.25) is 0 Å². The van der Waals surface area contributed by atoms with E-state index in [1.54, 1.807) is 18.4 Å². The molecule has 0 unspecified atom stereocenters. The van der Waals surface area contributed by atoms with Gasteiger partial charge in [-0.2, -0.15) is 0 Å². The van der Waals surface area contributed by atoms with E-state index in [0.29, 0.717) is 0 Å². The molecule has 56 valence electrons. The van der Waals surface area contributed by atoms with E-state index in [-0.39, 0.29) is 5.71 Å². The zero-order valence-electron chi connectivity index (χ0n) is 5.77. The summed E-state index contributed by atoms with van der Waals surface area (Å²) in [6, 6.07) is 0. The van der Waals surface area contributed by atoms with E-state index >= 15 is 0 Å². The predicted molar refractivity (Wildman–Crippen MR) is 43.4 cm³/mol. The van der Waals surface area contributed by atoms with Crippen molar-refractivity contribution < 1.29 is 4.79 Å². The Morgan fingerprint density at radius 3 is 2.82 bits per heavy atom. The Balaban J connectivity index is 2.87. The second kappa shape index (κ2) is 3.46. The maximum absolute atomic E-state index is 10.6. The van der Waals surface area contributed by atoms with Gasteiger partial charge in [0, 0.05) is 12.4 Å². The lowest BCUT2D eigenvalue weighted by molar-refractivity contribution is -0.111. The number of carbonyl (C=O) groups excluding carboxylic acids is 1. The average Bonchev–Trinajstić information content (AvgIpc) is 1.84. The summed E-state index contributed by atoms with van der Waals surface area (Å²) >= 11 is 0. The fourth-order valence-electron chi connectivity index (χ4n) is 0.547. The zero-order valence-corrected chi connectivity index (χ0v) is 5.77. The van der Waals surface area contributed by atoms with Crippen molar-refractivity contribution in [3.8, 4) is 0 Å². The molecule has 0 aromatic rings. The second-order valence-electron chi connectivity index (χ2n) is 1.84. The number of aliphatic imine (C=N–C) groups is 2. The standard InChI is InChI=1S/C7H7N3O/c8-7(11)6-5-9-3-1-2-4-10-6/h1-5H,(H2,8,11)/b2-1?,3-1-,4-2-,6-5?,9-3?,9-5?,10-4?,10-6?. The summed E-state index contributed by atoms with van der Waals surface area (Å²) in [5.74, 6) is -0.575. The third kappa shape index (κ3) is 2.17. The number of primary amides is 1. The Hall–Kier alpha value is -1.71. The molecule has 4 nitrogen and oxygen atoms in total. The van der Waals surface area contributed by atoms with E-state index in [4.69, 9.17) is 5.73 Å². The largest absolute Gasteiger partial charge is 0.364 e. The first-order chi connectivity index (χ1) is 5.30. The molecule has 0 aromatic carbocycles. The number of nitrogens with two attached hydrogens (primary N) is 1. The van der Waals surface area contributed by atoms with Crippen LogP contribution < -0.4 is 5.73 Å². The van der Waals surface area contributed by atoms with E-state index in [9.17, 15) is 4.79 Å². The predicted octanol–water partition coefficient (Wildman–Crippen LogP) is 0.0245. The van der Waals surface area contributed by atoms with Gasteiger partial charge in [-0.15, -0.1) is 0 Å². The summed E-state index contributed by atoms with van der Waals surface area (Å²) in [5, 5.41) is 0. The second-order valence-corrected chi connectivity index (χ2v) is 1.84. The average molecular weight is 149 g/mol. The highest BCUT2D eigenvalue weighted by atomic mass is 16.1. The molecule has 0 aliphatic carbocycles. The molecule has 0 bridgehead atoms. The smallest absolute Gasteiger partial charge is 0.268 e. The summed E-state index contributed by atoms with van der Waals surface area (Å²) < 4.78 is 0. The number of nitrogens with zero attached hydrogens (tertiary/aromatic N) is 2. The third-order valence-electron chi connectivity index (χ3n) is 1.03. The number of allylic oxidation sites excluding steroid dienone is 2. The molecule has 4 heteroatoms. The van der Waals surface area contributed by atoms with Crippen LogP contribution in [0.15, 0.2) is 34.5 Å². The van der Waals surface area contributed by atoms with Crippen LogP contribution >= 0.6 is 0 Å². The Bertz CT molecular complexity index is 273. The van der Waals surface area contributed by atoms with Crippen molar-refractivity contribution >= 4 is 17.8 Å². The number of carbonyl (C=O) groups is 1. The molecule has 2 N–H and O–H groups in total. The Labute approximate surface area is 63.8 Å². The highest BCUT2D eigenvalue weighted by Gasteiger charge is 2.00. The van der Waals surface area contributed by atoms with Crippen molar-refractivity contribution in [3.63, 3.8) is 0 Å². The van der Waals surface area contributed by atoms with Crippen LogP contribution in [-0.4, -0.2) is 17.8 Å². The molecule has 0 spiro atoms. The summed E-state index contributed by atoms with van der Waals surface area (Å²) in [6.07, 6.45) is 7.73. The fraction of sp³-hybridized carbons (Fsp3) is 0. The van der Waals surface area contributed by atoms with E-state index in [2.05, 4.69) is 9.98 Å². The Kier molecular flexibility index (Phi) is 2.32. The minimum atomic E-state index is -0.575. The summed E-state index contributed by atoms with van der Waals surface area (Å²) in [5.41, 5.74) is 5.13. The van der Waals surface area contributed by atoms with E-state index in [1.165, 1.54) is 12.4 Å². The molecule has 0 atom stereocenters. The lowest BCUT2D eigenvalue weighted by Gasteiger charge is -1.91. The van der Waals surface area contributed by atoms with Crippen LogP contribution in [0.5, 0.6) is 0 Å². The molecule has 11 heavy (non-hydrogen) atoms. The van der Waals surface area contributed by atoms with Gasteiger partial charge < -0.3 is 5.73 Å². The quantitative estimate of drug-likeness (QED) is 0.561. The van der Waals surface area contributed by atoms with Crippen LogP contribution in [0.1, 0.15) is 0 Å². The van der Waals surface area contributed by atoms with Gasteiger partial charge in [-0.05, 0) is 12.2 Å². The van der Waals surface area contributed by atoms with Crippen molar-refractivity contribution in [2.24, 2.45) is 15.7 Å². The molecule has 1 aliphatic heterocycles. The first-order valence-corrected chi connectivity index (χ1v) is 3.03. The molecule has 0 saturated carbocycles. The SMILES string of the molecule is NC(=O)C1=N/C=C\C=C/N=C1. The van der Waals surface area contributed by atoms with Gasteiger partial charge in [0.05, 0.1) is 6.21 Å². The van der Waals surface area contributed by atoms with Gasteiger partial charge in [0.2, 0.25) is 0 Å². The summed E-state index contributed by atoms with van der Waals surface area (Å²) in [7, 11) is 0. The van der Waals surface area contributed by atoms with Crippen LogP contribution in [0.4, 0.5) is 0 Å². The molecule has 0 radical (unpaired) electrons. The van der Waals surface area contributed by atoms with E-state index < -0.39 is 5.91 Å². The number of hydrogen-bond donors (Lipinski definition) is 1. The van der Waals surface area contributed by atoms with Gasteiger partial charge in [0.15, 0.2) is 0 Å². The van der Waals surface area contributed by atoms with Crippen LogP contribution in [0.3, 0.4) is 0 Å². The highest BCUT2D eigenvalue weighted by Crippen LogP contribution is 1.86. The maximum Gasteiger partial charge on any atom is 0.268 e. The Morgan fingerprint density at radius 1 is 1.36 bits per heavy atom. The van der Waals surface area contributed by atoms with Crippen molar-refractivity contribution in [1.82, 2.24) is 0 Å². The van der Waals surface area contributed by atoms with Crippen molar-refractivity contribution in [3.05, 3.63) is 24.6 Å². The number of rotatable bonds is 1. The molecular formula is C7H7N3O. The topological polar surface area (TPSA) is 67.8 Å². The van der Waals surface area contributed by atoms with Crippen molar-refractivity contribution in [1.29, 1.82) is 0 Å².